The summed E-state index contributed by atoms with van der Waals surface area (Å²) in [6.45, 7) is 6.01. The van der Waals surface area contributed by atoms with Crippen molar-refractivity contribution in [2.45, 2.75) is 33.6 Å². The smallest absolute Gasteiger partial charge is 0.276 e. The Hall–Kier alpha value is -2.24. The van der Waals surface area contributed by atoms with Gasteiger partial charge in [0.2, 0.25) is 5.91 Å². The topological polar surface area (TPSA) is 76.7 Å². The fourth-order valence-electron chi connectivity index (χ4n) is 1.84. The number of hydrogen-bond acceptors (Lipinski definition) is 4. The number of hydrazine groups is 1. The van der Waals surface area contributed by atoms with E-state index < -0.39 is 5.91 Å². The van der Waals surface area contributed by atoms with Crippen LogP contribution in [0.5, 0.6) is 11.5 Å². The number of ether oxygens (including phenoxy) is 2. The Morgan fingerprint density at radius 1 is 1.09 bits per heavy atom. The number of hydrogen-bond donors (Lipinski definition) is 2. The number of benzene rings is 1. The van der Waals surface area contributed by atoms with Gasteiger partial charge in [-0.25, -0.2) is 0 Å². The summed E-state index contributed by atoms with van der Waals surface area (Å²) in [5.74, 6) is 0.307. The average molecular weight is 308 g/mol. The second-order valence-electron chi connectivity index (χ2n) is 4.90. The molecule has 122 valence electrons. The Morgan fingerprint density at radius 3 is 2.32 bits per heavy atom. The Kier molecular flexibility index (Phi) is 7.81. The van der Waals surface area contributed by atoms with Gasteiger partial charge in [-0.1, -0.05) is 32.4 Å². The van der Waals surface area contributed by atoms with E-state index in [1.807, 2.05) is 26.8 Å². The van der Waals surface area contributed by atoms with E-state index in [0.29, 0.717) is 18.1 Å². The second-order valence-corrected chi connectivity index (χ2v) is 4.90. The average Bonchev–Trinajstić information content (AvgIpc) is 2.52. The quantitative estimate of drug-likeness (QED) is 0.721. The molecule has 0 aromatic heterocycles. The lowest BCUT2D eigenvalue weighted by atomic mass is 10.1. The molecule has 0 spiro atoms. The highest BCUT2D eigenvalue weighted by molar-refractivity contribution is 5.83. The van der Waals surface area contributed by atoms with Crippen LogP contribution in [0.3, 0.4) is 0 Å². The van der Waals surface area contributed by atoms with Crippen molar-refractivity contribution in [3.63, 3.8) is 0 Å². The molecule has 1 atom stereocenters. The van der Waals surface area contributed by atoms with E-state index in [4.69, 9.17) is 9.47 Å². The molecule has 0 fully saturated rings. The maximum atomic E-state index is 11.7. The van der Waals surface area contributed by atoms with Crippen LogP contribution in [0.25, 0.3) is 0 Å². The zero-order valence-corrected chi connectivity index (χ0v) is 13.3. The largest absolute Gasteiger partial charge is 0.490 e. The monoisotopic (exact) mass is 308 g/mol. The predicted molar refractivity (Wildman–Crippen MR) is 83.5 cm³/mol. The molecule has 0 aliphatic heterocycles. The van der Waals surface area contributed by atoms with Gasteiger partial charge in [0, 0.05) is 5.92 Å². The van der Waals surface area contributed by atoms with Gasteiger partial charge in [-0.15, -0.1) is 0 Å². The van der Waals surface area contributed by atoms with E-state index >= 15 is 0 Å². The van der Waals surface area contributed by atoms with Crippen molar-refractivity contribution in [3.05, 3.63) is 24.3 Å². The molecule has 0 radical (unpaired) electrons. The molecule has 22 heavy (non-hydrogen) atoms. The number of rotatable bonds is 8. The van der Waals surface area contributed by atoms with Crippen molar-refractivity contribution in [1.82, 2.24) is 10.9 Å². The first kappa shape index (κ1) is 17.8. The summed E-state index contributed by atoms with van der Waals surface area (Å²) in [6.07, 6.45) is 1.69. The summed E-state index contributed by atoms with van der Waals surface area (Å²) < 4.78 is 10.8. The molecular weight excluding hydrogens is 284 g/mol. The van der Waals surface area contributed by atoms with Crippen molar-refractivity contribution < 1.29 is 19.1 Å². The molecule has 2 N–H and O–H groups in total. The van der Waals surface area contributed by atoms with E-state index in [0.717, 1.165) is 12.8 Å². The fraction of sp³-hybridized carbons (Fsp3) is 0.500. The lowest BCUT2D eigenvalue weighted by molar-refractivity contribution is -0.131. The highest BCUT2D eigenvalue weighted by Crippen LogP contribution is 2.26. The molecule has 6 nitrogen and oxygen atoms in total. The molecule has 1 rings (SSSR count). The zero-order valence-electron chi connectivity index (χ0n) is 13.3. The van der Waals surface area contributed by atoms with E-state index in [2.05, 4.69) is 10.9 Å². The van der Waals surface area contributed by atoms with Gasteiger partial charge in [0.1, 0.15) is 0 Å². The molecule has 0 saturated carbocycles. The van der Waals surface area contributed by atoms with Crippen LogP contribution in [0, 0.1) is 5.92 Å². The Bertz CT molecular complexity index is 491. The minimum absolute atomic E-state index is 0.134. The number of para-hydroxylation sites is 2. The summed E-state index contributed by atoms with van der Waals surface area (Å²) >= 11 is 0. The van der Waals surface area contributed by atoms with Crippen LogP contribution in [0.2, 0.25) is 0 Å². The van der Waals surface area contributed by atoms with Crippen LogP contribution in [-0.4, -0.2) is 25.0 Å². The van der Waals surface area contributed by atoms with Crippen LogP contribution < -0.4 is 20.3 Å². The maximum absolute atomic E-state index is 11.7. The van der Waals surface area contributed by atoms with Crippen molar-refractivity contribution in [2.75, 3.05) is 13.2 Å². The van der Waals surface area contributed by atoms with Gasteiger partial charge >= 0.3 is 0 Å². The number of amides is 2. The SMILES string of the molecule is CCCC(C)C(=O)NNC(=O)COc1ccccc1OCC. The molecule has 1 unspecified atom stereocenters. The van der Waals surface area contributed by atoms with Gasteiger partial charge in [0.15, 0.2) is 18.1 Å². The highest BCUT2D eigenvalue weighted by Gasteiger charge is 2.13. The Balaban J connectivity index is 2.39. The molecule has 0 saturated heterocycles. The van der Waals surface area contributed by atoms with Crippen LogP contribution in [0.15, 0.2) is 24.3 Å². The van der Waals surface area contributed by atoms with Crippen molar-refractivity contribution in [3.8, 4) is 11.5 Å². The molecule has 1 aromatic rings. The van der Waals surface area contributed by atoms with Crippen LogP contribution >= 0.6 is 0 Å². The molecular formula is C16H24N2O4. The molecule has 1 aromatic carbocycles. The van der Waals surface area contributed by atoms with Gasteiger partial charge in [-0.05, 0) is 25.5 Å². The zero-order chi connectivity index (χ0) is 16.4. The molecule has 0 aliphatic rings. The first-order valence-corrected chi connectivity index (χ1v) is 7.51. The first-order chi connectivity index (χ1) is 10.6. The summed E-state index contributed by atoms with van der Waals surface area (Å²) in [6, 6.07) is 7.11. The van der Waals surface area contributed by atoms with E-state index in [1.54, 1.807) is 18.2 Å². The molecule has 0 heterocycles. The summed E-state index contributed by atoms with van der Waals surface area (Å²) in [4.78, 5) is 23.3. The summed E-state index contributed by atoms with van der Waals surface area (Å²) in [5.41, 5.74) is 4.73. The number of nitrogens with one attached hydrogen (secondary N) is 2. The van der Waals surface area contributed by atoms with Gasteiger partial charge in [-0.2, -0.15) is 0 Å². The summed E-state index contributed by atoms with van der Waals surface area (Å²) in [7, 11) is 0. The minimum Gasteiger partial charge on any atom is -0.490 e. The molecule has 2 amide bonds. The Morgan fingerprint density at radius 2 is 1.73 bits per heavy atom. The number of carbonyl (C=O) groups excluding carboxylic acids is 2. The van der Waals surface area contributed by atoms with Gasteiger partial charge < -0.3 is 9.47 Å². The third-order valence-electron chi connectivity index (χ3n) is 3.00. The predicted octanol–water partition coefficient (Wildman–Crippen LogP) is 2.05. The third-order valence-corrected chi connectivity index (χ3v) is 3.00. The maximum Gasteiger partial charge on any atom is 0.276 e. The minimum atomic E-state index is -0.427. The van der Waals surface area contributed by atoms with Crippen molar-refractivity contribution in [1.29, 1.82) is 0 Å². The lowest BCUT2D eigenvalue weighted by Gasteiger charge is -2.13. The van der Waals surface area contributed by atoms with E-state index in [1.165, 1.54) is 0 Å². The van der Waals surface area contributed by atoms with Crippen molar-refractivity contribution in [2.24, 2.45) is 5.92 Å². The van der Waals surface area contributed by atoms with Crippen LogP contribution in [0.4, 0.5) is 0 Å². The third kappa shape index (κ3) is 6.03. The van der Waals surface area contributed by atoms with Gasteiger partial charge in [0.05, 0.1) is 6.61 Å². The fourth-order valence-corrected chi connectivity index (χ4v) is 1.84. The van der Waals surface area contributed by atoms with Gasteiger partial charge in [0.25, 0.3) is 5.91 Å². The van der Waals surface area contributed by atoms with Crippen molar-refractivity contribution >= 4 is 11.8 Å². The summed E-state index contributed by atoms with van der Waals surface area (Å²) in [5, 5.41) is 0. The first-order valence-electron chi connectivity index (χ1n) is 7.51. The normalized spacial score (nSPS) is 11.4. The van der Waals surface area contributed by atoms with E-state index in [-0.39, 0.29) is 18.4 Å². The lowest BCUT2D eigenvalue weighted by Crippen LogP contribution is -2.45. The van der Waals surface area contributed by atoms with Crippen LogP contribution in [0.1, 0.15) is 33.6 Å². The molecule has 6 heteroatoms. The van der Waals surface area contributed by atoms with E-state index in [9.17, 15) is 9.59 Å². The molecule has 0 bridgehead atoms. The number of carbonyl (C=O) groups is 2. The Labute approximate surface area is 131 Å². The van der Waals surface area contributed by atoms with Crippen LogP contribution in [-0.2, 0) is 9.59 Å². The second kappa shape index (κ2) is 9.65. The molecule has 0 aliphatic carbocycles. The van der Waals surface area contributed by atoms with Gasteiger partial charge in [-0.3, -0.25) is 20.4 Å². The standard InChI is InChI=1S/C16H24N2O4/c1-4-8-12(3)16(20)18-17-15(19)11-22-14-10-7-6-9-13(14)21-5-2/h6-7,9-10,12H,4-5,8,11H2,1-3H3,(H,17,19)(H,18,20). The highest BCUT2D eigenvalue weighted by atomic mass is 16.5.